The van der Waals surface area contributed by atoms with Gasteiger partial charge in [0.05, 0.1) is 5.25 Å². The molecule has 1 aliphatic heterocycles. The van der Waals surface area contributed by atoms with Crippen molar-refractivity contribution >= 4 is 35.0 Å². The van der Waals surface area contributed by atoms with Crippen LogP contribution in [0.5, 0.6) is 0 Å². The number of nitrogens with one attached hydrogen (secondary N) is 1. The second kappa shape index (κ2) is 9.76. The lowest BCUT2D eigenvalue weighted by Crippen LogP contribution is -2.31. The molecular weight excluding hydrogens is 430 g/mol. The molecule has 0 spiro atoms. The number of para-hydroxylation sites is 2. The van der Waals surface area contributed by atoms with Gasteiger partial charge in [-0.05, 0) is 49.1 Å². The summed E-state index contributed by atoms with van der Waals surface area (Å²) in [5.41, 5.74) is 4.07. The fourth-order valence-corrected chi connectivity index (χ4v) is 5.12. The van der Waals surface area contributed by atoms with Gasteiger partial charge in [0.2, 0.25) is 5.91 Å². The molecule has 0 saturated carbocycles. The van der Waals surface area contributed by atoms with Crippen LogP contribution in [0.3, 0.4) is 0 Å². The van der Waals surface area contributed by atoms with E-state index in [-0.39, 0.29) is 11.5 Å². The number of benzene rings is 3. The van der Waals surface area contributed by atoms with E-state index in [0.717, 1.165) is 16.7 Å². The standard InChI is InChI=1S/C27H23N3O2S/c1-18-10-9-11-19(2)24(18)29-25(31)22(17-28)27-30(21-14-7-4-8-15-21)26(32)23(33-27)16-20-12-5-3-6-13-20/h3-15,23H,16H2,1-2H3,(H,29,31)/b27-22-/t23-/m0/s1. The van der Waals surface area contributed by atoms with E-state index in [2.05, 4.69) is 11.4 Å². The molecule has 0 bridgehead atoms. The average molecular weight is 454 g/mol. The zero-order valence-electron chi connectivity index (χ0n) is 18.4. The highest BCUT2D eigenvalue weighted by molar-refractivity contribution is 8.05. The Labute approximate surface area is 197 Å². The van der Waals surface area contributed by atoms with Crippen LogP contribution in [-0.4, -0.2) is 17.1 Å². The van der Waals surface area contributed by atoms with Crippen molar-refractivity contribution in [1.82, 2.24) is 0 Å². The Morgan fingerprint density at radius 2 is 1.58 bits per heavy atom. The third-order valence-corrected chi connectivity index (χ3v) is 6.77. The van der Waals surface area contributed by atoms with Gasteiger partial charge >= 0.3 is 0 Å². The molecule has 1 N–H and O–H groups in total. The summed E-state index contributed by atoms with van der Waals surface area (Å²) in [5, 5.41) is 12.8. The second-order valence-electron chi connectivity index (χ2n) is 7.82. The van der Waals surface area contributed by atoms with Gasteiger partial charge in [-0.15, -0.1) is 0 Å². The molecule has 0 radical (unpaired) electrons. The SMILES string of the molecule is Cc1cccc(C)c1NC(=O)/C(C#N)=C1\S[C@@H](Cc2ccccc2)C(=O)N1c1ccccc1. The van der Waals surface area contributed by atoms with Crippen LogP contribution in [0.25, 0.3) is 0 Å². The molecule has 3 aromatic rings. The summed E-state index contributed by atoms with van der Waals surface area (Å²) in [6, 6.07) is 26.7. The summed E-state index contributed by atoms with van der Waals surface area (Å²) in [5.74, 6) is -0.663. The van der Waals surface area contributed by atoms with Crippen molar-refractivity contribution in [2.24, 2.45) is 0 Å². The first kappa shape index (κ1) is 22.4. The van der Waals surface area contributed by atoms with Crippen LogP contribution in [0.1, 0.15) is 16.7 Å². The summed E-state index contributed by atoms with van der Waals surface area (Å²) >= 11 is 1.27. The van der Waals surface area contributed by atoms with E-state index in [1.807, 2.05) is 92.7 Å². The summed E-state index contributed by atoms with van der Waals surface area (Å²) in [6.07, 6.45) is 0.508. The molecule has 164 valence electrons. The van der Waals surface area contributed by atoms with Gasteiger partial charge in [-0.3, -0.25) is 14.5 Å². The largest absolute Gasteiger partial charge is 0.321 e. The summed E-state index contributed by atoms with van der Waals surface area (Å²) < 4.78 is 0. The zero-order valence-corrected chi connectivity index (χ0v) is 19.2. The van der Waals surface area contributed by atoms with Crippen LogP contribution >= 0.6 is 11.8 Å². The van der Waals surface area contributed by atoms with Gasteiger partial charge in [0.15, 0.2) is 0 Å². The molecule has 0 aromatic heterocycles. The van der Waals surface area contributed by atoms with Gasteiger partial charge < -0.3 is 5.32 Å². The van der Waals surface area contributed by atoms with Gasteiger partial charge in [0.1, 0.15) is 16.7 Å². The van der Waals surface area contributed by atoms with E-state index >= 15 is 0 Å². The van der Waals surface area contributed by atoms with Crippen molar-refractivity contribution in [3.05, 3.63) is 106 Å². The number of nitriles is 1. The Bertz CT molecular complexity index is 1240. The zero-order chi connectivity index (χ0) is 23.4. The maximum absolute atomic E-state index is 13.5. The lowest BCUT2D eigenvalue weighted by Gasteiger charge is -2.19. The van der Waals surface area contributed by atoms with Crippen molar-refractivity contribution in [2.45, 2.75) is 25.5 Å². The highest BCUT2D eigenvalue weighted by atomic mass is 32.2. The van der Waals surface area contributed by atoms with Crippen LogP contribution in [0.4, 0.5) is 11.4 Å². The quantitative estimate of drug-likeness (QED) is 0.416. The molecule has 4 rings (SSSR count). The maximum atomic E-state index is 13.5. The molecule has 1 saturated heterocycles. The number of carbonyl (C=O) groups is 2. The molecule has 33 heavy (non-hydrogen) atoms. The van der Waals surface area contributed by atoms with Crippen molar-refractivity contribution in [2.75, 3.05) is 10.2 Å². The number of thioether (sulfide) groups is 1. The van der Waals surface area contributed by atoms with E-state index < -0.39 is 11.2 Å². The highest BCUT2D eigenvalue weighted by Crippen LogP contribution is 2.42. The number of amides is 2. The molecule has 1 heterocycles. The summed E-state index contributed by atoms with van der Waals surface area (Å²) in [7, 11) is 0. The van der Waals surface area contributed by atoms with E-state index in [1.165, 1.54) is 16.7 Å². The van der Waals surface area contributed by atoms with Gasteiger partial charge in [-0.1, -0.05) is 78.5 Å². The number of nitrogens with zero attached hydrogens (tertiary/aromatic N) is 2. The first-order valence-electron chi connectivity index (χ1n) is 10.6. The van der Waals surface area contributed by atoms with Crippen LogP contribution < -0.4 is 10.2 Å². The number of carbonyl (C=O) groups excluding carboxylic acids is 2. The molecule has 6 heteroatoms. The number of anilines is 2. The number of hydrogen-bond acceptors (Lipinski definition) is 4. The van der Waals surface area contributed by atoms with Gasteiger partial charge in [0.25, 0.3) is 5.91 Å². The van der Waals surface area contributed by atoms with Crippen LogP contribution in [-0.2, 0) is 16.0 Å². The third kappa shape index (κ3) is 4.69. The van der Waals surface area contributed by atoms with Crippen LogP contribution in [0.2, 0.25) is 0 Å². The van der Waals surface area contributed by atoms with Gasteiger partial charge in [-0.2, -0.15) is 5.26 Å². The molecular formula is C27H23N3O2S. The molecule has 0 aliphatic carbocycles. The Hall–Kier alpha value is -3.82. The molecule has 1 aliphatic rings. The second-order valence-corrected chi connectivity index (χ2v) is 9.01. The molecule has 0 unspecified atom stereocenters. The Kier molecular flexibility index (Phi) is 6.62. The minimum atomic E-state index is -0.522. The third-order valence-electron chi connectivity index (χ3n) is 5.50. The van der Waals surface area contributed by atoms with Crippen LogP contribution in [0.15, 0.2) is 89.5 Å². The first-order valence-corrected chi connectivity index (χ1v) is 11.5. The maximum Gasteiger partial charge on any atom is 0.269 e. The smallest absolute Gasteiger partial charge is 0.269 e. The number of hydrogen-bond donors (Lipinski definition) is 1. The van der Waals surface area contributed by atoms with E-state index in [9.17, 15) is 14.9 Å². The van der Waals surface area contributed by atoms with Crippen molar-refractivity contribution in [3.8, 4) is 6.07 Å². The number of rotatable bonds is 5. The molecule has 5 nitrogen and oxygen atoms in total. The van der Waals surface area contributed by atoms with Crippen molar-refractivity contribution in [1.29, 1.82) is 5.26 Å². The fourth-order valence-electron chi connectivity index (χ4n) is 3.81. The topological polar surface area (TPSA) is 73.2 Å². The number of aryl methyl sites for hydroxylation is 2. The predicted octanol–water partition coefficient (Wildman–Crippen LogP) is 5.37. The van der Waals surface area contributed by atoms with Crippen molar-refractivity contribution in [3.63, 3.8) is 0 Å². The summed E-state index contributed by atoms with van der Waals surface area (Å²) in [4.78, 5) is 28.2. The molecule has 3 aromatic carbocycles. The lowest BCUT2D eigenvalue weighted by atomic mass is 10.1. The molecule has 1 atom stereocenters. The van der Waals surface area contributed by atoms with Gasteiger partial charge in [-0.25, -0.2) is 0 Å². The minimum Gasteiger partial charge on any atom is -0.321 e. The van der Waals surface area contributed by atoms with E-state index in [4.69, 9.17) is 0 Å². The molecule has 2 amide bonds. The van der Waals surface area contributed by atoms with Gasteiger partial charge in [0, 0.05) is 11.4 Å². The Balaban J connectivity index is 1.74. The average Bonchev–Trinajstić information content (AvgIpc) is 3.13. The minimum absolute atomic E-state index is 0.0737. The monoisotopic (exact) mass is 453 g/mol. The Morgan fingerprint density at radius 3 is 2.18 bits per heavy atom. The highest BCUT2D eigenvalue weighted by Gasteiger charge is 2.40. The van der Waals surface area contributed by atoms with E-state index in [0.29, 0.717) is 22.8 Å². The normalized spacial score (nSPS) is 16.9. The fraction of sp³-hybridized carbons (Fsp3) is 0.148. The predicted molar refractivity (Wildman–Crippen MR) is 133 cm³/mol. The summed E-state index contributed by atoms with van der Waals surface area (Å²) in [6.45, 7) is 3.81. The van der Waals surface area contributed by atoms with Crippen molar-refractivity contribution < 1.29 is 9.59 Å². The first-order chi connectivity index (χ1) is 16.0. The lowest BCUT2D eigenvalue weighted by molar-refractivity contribution is -0.117. The van der Waals surface area contributed by atoms with E-state index in [1.54, 1.807) is 0 Å². The molecule has 1 fully saturated rings. The van der Waals surface area contributed by atoms with Crippen LogP contribution in [0, 0.1) is 25.2 Å². The Morgan fingerprint density at radius 1 is 0.970 bits per heavy atom.